The number of para-hydroxylation sites is 1. The summed E-state index contributed by atoms with van der Waals surface area (Å²) in [6.45, 7) is 0.440. The van der Waals surface area contributed by atoms with E-state index in [4.69, 9.17) is 4.74 Å². The molecule has 0 aromatic heterocycles. The van der Waals surface area contributed by atoms with E-state index in [-0.39, 0.29) is 0 Å². The quantitative estimate of drug-likeness (QED) is 0.587. The zero-order valence-corrected chi connectivity index (χ0v) is 9.24. The lowest BCUT2D eigenvalue weighted by Crippen LogP contribution is -1.90. The summed E-state index contributed by atoms with van der Waals surface area (Å²) >= 11 is 0. The fraction of sp³-hybridized carbons (Fsp3) is 0. The molecule has 0 amide bonds. The van der Waals surface area contributed by atoms with Gasteiger partial charge in [0.25, 0.3) is 6.47 Å². The molecule has 0 aliphatic heterocycles. The average Bonchev–Trinajstić information content (AvgIpc) is 2.39. The maximum absolute atomic E-state index is 10.4. The van der Waals surface area contributed by atoms with Crippen LogP contribution in [0.15, 0.2) is 54.6 Å². The summed E-state index contributed by atoms with van der Waals surface area (Å²) in [6.07, 6.45) is 3.90. The van der Waals surface area contributed by atoms with Crippen molar-refractivity contribution >= 4 is 18.6 Å². The molecule has 0 atom stereocenters. The third kappa shape index (κ3) is 3.05. The van der Waals surface area contributed by atoms with Crippen LogP contribution in [0, 0.1) is 0 Å². The first kappa shape index (κ1) is 11.1. The van der Waals surface area contributed by atoms with Crippen molar-refractivity contribution in [3.63, 3.8) is 0 Å². The minimum atomic E-state index is 0.440. The molecule has 2 heteroatoms. The van der Waals surface area contributed by atoms with Gasteiger partial charge in [0.2, 0.25) is 0 Å². The summed E-state index contributed by atoms with van der Waals surface area (Å²) in [5, 5.41) is 0. The molecule has 0 unspecified atom stereocenters. The maximum atomic E-state index is 10.4. The highest BCUT2D eigenvalue weighted by molar-refractivity contribution is 5.73. The second kappa shape index (κ2) is 5.66. The minimum absolute atomic E-state index is 0.440. The van der Waals surface area contributed by atoms with Gasteiger partial charge in [0.05, 0.1) is 0 Å². The first-order valence-corrected chi connectivity index (χ1v) is 5.32. The molecule has 0 aliphatic rings. The number of rotatable bonds is 4. The lowest BCUT2D eigenvalue weighted by atomic mass is 10.1. The Balaban J connectivity index is 2.24. The zero-order chi connectivity index (χ0) is 11.9. The van der Waals surface area contributed by atoms with Gasteiger partial charge in [-0.3, -0.25) is 4.79 Å². The van der Waals surface area contributed by atoms with E-state index in [1.54, 1.807) is 6.07 Å². The number of carbonyl (C=O) groups excluding carboxylic acids is 1. The van der Waals surface area contributed by atoms with Gasteiger partial charge in [0.1, 0.15) is 5.75 Å². The summed E-state index contributed by atoms with van der Waals surface area (Å²) in [4.78, 5) is 10.4. The predicted molar refractivity (Wildman–Crippen MR) is 68.5 cm³/mol. The molecular weight excluding hydrogens is 212 g/mol. The predicted octanol–water partition coefficient (Wildman–Crippen LogP) is 3.39. The molecule has 0 bridgehead atoms. The highest BCUT2D eigenvalue weighted by atomic mass is 16.5. The van der Waals surface area contributed by atoms with Gasteiger partial charge in [-0.05, 0) is 11.6 Å². The Bertz CT molecular complexity index is 515. The molecule has 2 aromatic carbocycles. The van der Waals surface area contributed by atoms with E-state index in [0.29, 0.717) is 12.2 Å². The highest BCUT2D eigenvalue weighted by Gasteiger charge is 1.97. The van der Waals surface area contributed by atoms with Crippen molar-refractivity contribution in [3.8, 4) is 5.75 Å². The number of hydrogen-bond acceptors (Lipinski definition) is 2. The van der Waals surface area contributed by atoms with Gasteiger partial charge in [-0.15, -0.1) is 0 Å². The molecule has 2 nitrogen and oxygen atoms in total. The van der Waals surface area contributed by atoms with E-state index in [1.165, 1.54) is 0 Å². The number of hydrogen-bond donors (Lipinski definition) is 0. The van der Waals surface area contributed by atoms with E-state index in [0.717, 1.165) is 11.1 Å². The molecule has 0 heterocycles. The Morgan fingerprint density at radius 2 is 1.53 bits per heavy atom. The number of benzene rings is 2. The Labute approximate surface area is 100 Å². The molecule has 0 saturated heterocycles. The van der Waals surface area contributed by atoms with Crippen LogP contribution < -0.4 is 4.74 Å². The van der Waals surface area contributed by atoms with Crippen molar-refractivity contribution in [2.75, 3.05) is 0 Å². The first-order valence-electron chi connectivity index (χ1n) is 5.32. The second-order valence-electron chi connectivity index (χ2n) is 3.50. The Hall–Kier alpha value is -2.35. The highest BCUT2D eigenvalue weighted by Crippen LogP contribution is 2.19. The summed E-state index contributed by atoms with van der Waals surface area (Å²) in [7, 11) is 0. The average molecular weight is 224 g/mol. The van der Waals surface area contributed by atoms with E-state index in [2.05, 4.69) is 0 Å². The van der Waals surface area contributed by atoms with Crippen molar-refractivity contribution in [1.29, 1.82) is 0 Å². The van der Waals surface area contributed by atoms with Crippen molar-refractivity contribution in [1.82, 2.24) is 0 Å². The maximum Gasteiger partial charge on any atom is 0.298 e. The molecule has 0 aliphatic carbocycles. The smallest absolute Gasteiger partial charge is 0.298 e. The molecule has 17 heavy (non-hydrogen) atoms. The van der Waals surface area contributed by atoms with Gasteiger partial charge in [-0.2, -0.15) is 0 Å². The fourth-order valence-corrected chi connectivity index (χ4v) is 1.53. The number of ether oxygens (including phenoxy) is 1. The largest absolute Gasteiger partial charge is 0.428 e. The molecule has 0 saturated carbocycles. The minimum Gasteiger partial charge on any atom is -0.428 e. The van der Waals surface area contributed by atoms with Crippen LogP contribution in [-0.2, 0) is 4.79 Å². The standard InChI is InChI=1S/C15H12O2/c16-12-17-15-9-5-4-8-14(15)11-10-13-6-2-1-3-7-13/h1-12H/b11-10-. The summed E-state index contributed by atoms with van der Waals surface area (Å²) < 4.78 is 4.89. The van der Waals surface area contributed by atoms with Gasteiger partial charge in [0.15, 0.2) is 0 Å². The lowest BCUT2D eigenvalue weighted by Gasteiger charge is -2.01. The van der Waals surface area contributed by atoms with Crippen LogP contribution in [0.4, 0.5) is 0 Å². The molecule has 2 aromatic rings. The van der Waals surface area contributed by atoms with E-state index in [9.17, 15) is 4.79 Å². The van der Waals surface area contributed by atoms with Crippen molar-refractivity contribution in [3.05, 3.63) is 65.7 Å². The zero-order valence-electron chi connectivity index (χ0n) is 9.24. The van der Waals surface area contributed by atoms with Crippen LogP contribution >= 0.6 is 0 Å². The second-order valence-corrected chi connectivity index (χ2v) is 3.50. The SMILES string of the molecule is O=COc1ccccc1/C=C\c1ccccc1. The molecule has 2 rings (SSSR count). The van der Waals surface area contributed by atoms with Crippen molar-refractivity contribution < 1.29 is 9.53 Å². The third-order valence-corrected chi connectivity index (χ3v) is 2.35. The first-order chi connectivity index (χ1) is 8.40. The van der Waals surface area contributed by atoms with Crippen molar-refractivity contribution in [2.45, 2.75) is 0 Å². The molecule has 0 radical (unpaired) electrons. The Morgan fingerprint density at radius 1 is 0.824 bits per heavy atom. The van der Waals surface area contributed by atoms with Gasteiger partial charge >= 0.3 is 0 Å². The van der Waals surface area contributed by atoms with Crippen molar-refractivity contribution in [2.24, 2.45) is 0 Å². The van der Waals surface area contributed by atoms with Gasteiger partial charge in [-0.25, -0.2) is 0 Å². The monoisotopic (exact) mass is 224 g/mol. The molecule has 0 spiro atoms. The third-order valence-electron chi connectivity index (χ3n) is 2.35. The van der Waals surface area contributed by atoms with E-state index < -0.39 is 0 Å². The molecule has 0 fully saturated rings. The van der Waals surface area contributed by atoms with Gasteiger partial charge in [0, 0.05) is 5.56 Å². The van der Waals surface area contributed by atoms with Crippen LogP contribution in [-0.4, -0.2) is 6.47 Å². The number of carbonyl (C=O) groups is 1. The van der Waals surface area contributed by atoms with Crippen LogP contribution in [0.3, 0.4) is 0 Å². The van der Waals surface area contributed by atoms with E-state index in [1.807, 2.05) is 60.7 Å². The molecule has 84 valence electrons. The Morgan fingerprint density at radius 3 is 2.29 bits per heavy atom. The van der Waals surface area contributed by atoms with Crippen LogP contribution in [0.25, 0.3) is 12.2 Å². The fourth-order valence-electron chi connectivity index (χ4n) is 1.53. The summed E-state index contributed by atoms with van der Waals surface area (Å²) in [5.74, 6) is 0.565. The summed E-state index contributed by atoms with van der Waals surface area (Å²) in [5.41, 5.74) is 1.98. The van der Waals surface area contributed by atoms with Gasteiger partial charge in [-0.1, -0.05) is 60.7 Å². The normalized spacial score (nSPS) is 10.4. The van der Waals surface area contributed by atoms with Gasteiger partial charge < -0.3 is 4.74 Å². The topological polar surface area (TPSA) is 26.3 Å². The van der Waals surface area contributed by atoms with Crippen LogP contribution in [0.5, 0.6) is 5.75 Å². The molecule has 0 N–H and O–H groups in total. The molecular formula is C15H12O2. The lowest BCUT2D eigenvalue weighted by molar-refractivity contribution is -0.120. The summed E-state index contributed by atoms with van der Waals surface area (Å²) in [6, 6.07) is 17.4. The van der Waals surface area contributed by atoms with E-state index >= 15 is 0 Å². The van der Waals surface area contributed by atoms with Crippen LogP contribution in [0.1, 0.15) is 11.1 Å². The van der Waals surface area contributed by atoms with Crippen LogP contribution in [0.2, 0.25) is 0 Å². The Kier molecular flexibility index (Phi) is 3.71.